The van der Waals surface area contributed by atoms with Gasteiger partial charge in [-0.25, -0.2) is 0 Å². The van der Waals surface area contributed by atoms with Gasteiger partial charge in [-0.2, -0.15) is 0 Å². The average Bonchev–Trinajstić information content (AvgIpc) is 1.64. The predicted molar refractivity (Wildman–Crippen MR) is 44.3 cm³/mol. The van der Waals surface area contributed by atoms with Crippen LogP contribution in [0.4, 0.5) is 0 Å². The molecule has 0 aromatic rings. The van der Waals surface area contributed by atoms with Crippen molar-refractivity contribution in [3.8, 4) is 0 Å². The Morgan fingerprint density at radius 2 is 1.56 bits per heavy atom. The largest absolute Gasteiger partial charge is 0.126 e. The van der Waals surface area contributed by atoms with Gasteiger partial charge in [-0.05, 0) is 10.5 Å². The molecule has 0 bridgehead atoms. The Balaban J connectivity index is 4.14. The van der Waals surface area contributed by atoms with Gasteiger partial charge in [0.25, 0.3) is 0 Å². The minimum Gasteiger partial charge on any atom is -0.126 e. The molecular formula is C7H14ClSi. The average molecular weight is 162 g/mol. The predicted octanol–water partition coefficient (Wildman–Crippen LogP) is 2.62. The SMILES string of the molecule is CC(C)([Si])C(C)(C)CCl. The van der Waals surface area contributed by atoms with Crippen LogP contribution < -0.4 is 0 Å². The Hall–Kier alpha value is 0.507. The molecule has 0 spiro atoms. The van der Waals surface area contributed by atoms with E-state index < -0.39 is 0 Å². The summed E-state index contributed by atoms with van der Waals surface area (Å²) in [6.07, 6.45) is 0. The molecular weight excluding hydrogens is 148 g/mol. The van der Waals surface area contributed by atoms with Gasteiger partial charge in [0.05, 0.1) is 0 Å². The summed E-state index contributed by atoms with van der Waals surface area (Å²) in [7, 11) is 3.63. The van der Waals surface area contributed by atoms with E-state index in [1.165, 1.54) is 0 Å². The third-order valence-electron chi connectivity index (χ3n) is 2.03. The van der Waals surface area contributed by atoms with Crippen LogP contribution in [0.25, 0.3) is 0 Å². The normalized spacial score (nSPS) is 14.0. The molecule has 0 fully saturated rings. The van der Waals surface area contributed by atoms with Gasteiger partial charge in [0.2, 0.25) is 0 Å². The molecule has 9 heavy (non-hydrogen) atoms. The lowest BCUT2D eigenvalue weighted by Crippen LogP contribution is -2.28. The Bertz CT molecular complexity index is 91.6. The van der Waals surface area contributed by atoms with E-state index in [0.29, 0.717) is 5.88 Å². The molecule has 0 nitrogen and oxygen atoms in total. The summed E-state index contributed by atoms with van der Waals surface area (Å²) in [5, 5.41) is 0.120. The van der Waals surface area contributed by atoms with Crippen LogP contribution in [-0.2, 0) is 0 Å². The van der Waals surface area contributed by atoms with E-state index in [4.69, 9.17) is 11.6 Å². The van der Waals surface area contributed by atoms with Crippen LogP contribution in [0.1, 0.15) is 27.7 Å². The molecule has 0 aliphatic heterocycles. The van der Waals surface area contributed by atoms with E-state index in [1.54, 1.807) is 0 Å². The first kappa shape index (κ1) is 9.51. The summed E-state index contributed by atoms with van der Waals surface area (Å²) in [5.74, 6) is 0.684. The highest BCUT2D eigenvalue weighted by Crippen LogP contribution is 2.42. The van der Waals surface area contributed by atoms with Crippen molar-refractivity contribution in [2.24, 2.45) is 5.41 Å². The second-order valence-corrected chi connectivity index (χ2v) is 5.16. The van der Waals surface area contributed by atoms with Gasteiger partial charge in [0.1, 0.15) is 0 Å². The highest BCUT2D eigenvalue weighted by molar-refractivity contribution is 6.20. The van der Waals surface area contributed by atoms with Gasteiger partial charge >= 0.3 is 0 Å². The standard InChI is InChI=1S/C7H14ClSi/c1-6(2,5-8)7(3,4)9/h5H2,1-4H3. The van der Waals surface area contributed by atoms with E-state index in [9.17, 15) is 0 Å². The number of halogens is 1. The van der Waals surface area contributed by atoms with E-state index in [1.807, 2.05) is 0 Å². The molecule has 0 rings (SSSR count). The van der Waals surface area contributed by atoms with Crippen LogP contribution in [0.5, 0.6) is 0 Å². The van der Waals surface area contributed by atoms with Crippen molar-refractivity contribution >= 4 is 21.8 Å². The third-order valence-corrected chi connectivity index (χ3v) is 3.37. The molecule has 0 heterocycles. The molecule has 0 unspecified atom stereocenters. The third kappa shape index (κ3) is 2.30. The van der Waals surface area contributed by atoms with Crippen molar-refractivity contribution < 1.29 is 0 Å². The van der Waals surface area contributed by atoms with Gasteiger partial charge in [0, 0.05) is 16.1 Å². The Kier molecular flexibility index (Phi) is 2.78. The molecule has 3 radical (unpaired) electrons. The molecule has 0 amide bonds. The van der Waals surface area contributed by atoms with Crippen molar-refractivity contribution in [3.05, 3.63) is 0 Å². The van der Waals surface area contributed by atoms with Crippen LogP contribution in [0.15, 0.2) is 0 Å². The minimum atomic E-state index is 0.120. The summed E-state index contributed by atoms with van der Waals surface area (Å²) < 4.78 is 0. The lowest BCUT2D eigenvalue weighted by Gasteiger charge is -2.36. The first-order chi connectivity index (χ1) is 3.81. The second-order valence-electron chi connectivity index (χ2n) is 3.64. The zero-order valence-corrected chi connectivity index (χ0v) is 8.34. The monoisotopic (exact) mass is 161 g/mol. The van der Waals surface area contributed by atoms with Crippen molar-refractivity contribution in [2.45, 2.75) is 32.7 Å². The molecule has 53 valence electrons. The smallest absolute Gasteiger partial charge is 0.0313 e. The number of hydrogen-bond donors (Lipinski definition) is 0. The van der Waals surface area contributed by atoms with Crippen LogP contribution in [0.3, 0.4) is 0 Å². The summed E-state index contributed by atoms with van der Waals surface area (Å²) in [6, 6.07) is 0. The molecule has 0 aliphatic rings. The van der Waals surface area contributed by atoms with Crippen LogP contribution >= 0.6 is 11.6 Å². The Morgan fingerprint density at radius 3 is 1.56 bits per heavy atom. The number of hydrogen-bond acceptors (Lipinski definition) is 0. The van der Waals surface area contributed by atoms with E-state index in [0.717, 1.165) is 0 Å². The molecule has 0 aromatic heterocycles. The first-order valence-corrected chi connectivity index (χ1v) is 4.16. The first-order valence-electron chi connectivity index (χ1n) is 3.12. The van der Waals surface area contributed by atoms with Crippen molar-refractivity contribution in [2.75, 3.05) is 5.88 Å². The Morgan fingerprint density at radius 1 is 1.22 bits per heavy atom. The van der Waals surface area contributed by atoms with Gasteiger partial charge in [-0.1, -0.05) is 27.7 Å². The quantitative estimate of drug-likeness (QED) is 0.432. The fourth-order valence-electron chi connectivity index (χ4n) is 0.167. The lowest BCUT2D eigenvalue weighted by molar-refractivity contribution is 0.308. The molecule has 2 heteroatoms. The highest BCUT2D eigenvalue weighted by Gasteiger charge is 2.31. The van der Waals surface area contributed by atoms with E-state index in [2.05, 4.69) is 37.9 Å². The van der Waals surface area contributed by atoms with Crippen molar-refractivity contribution in [1.29, 1.82) is 0 Å². The molecule has 0 N–H and O–H groups in total. The maximum Gasteiger partial charge on any atom is 0.0313 e. The lowest BCUT2D eigenvalue weighted by atomic mass is 9.82. The van der Waals surface area contributed by atoms with Crippen molar-refractivity contribution in [3.63, 3.8) is 0 Å². The number of alkyl halides is 1. The fourth-order valence-corrected chi connectivity index (χ4v) is 0.702. The highest BCUT2D eigenvalue weighted by atomic mass is 35.5. The minimum absolute atomic E-state index is 0.120. The van der Waals surface area contributed by atoms with Gasteiger partial charge in [-0.3, -0.25) is 0 Å². The van der Waals surface area contributed by atoms with Gasteiger partial charge in [0.15, 0.2) is 0 Å². The number of rotatable bonds is 2. The van der Waals surface area contributed by atoms with Crippen LogP contribution in [0.2, 0.25) is 5.04 Å². The van der Waals surface area contributed by atoms with Gasteiger partial charge in [-0.15, -0.1) is 11.6 Å². The topological polar surface area (TPSA) is 0 Å². The zero-order valence-electron chi connectivity index (χ0n) is 6.59. The summed E-state index contributed by atoms with van der Waals surface area (Å²) in [5.41, 5.74) is 0.158. The second kappa shape index (κ2) is 2.63. The maximum absolute atomic E-state index is 5.75. The summed E-state index contributed by atoms with van der Waals surface area (Å²) in [6.45, 7) is 8.55. The van der Waals surface area contributed by atoms with E-state index >= 15 is 0 Å². The molecule has 0 atom stereocenters. The summed E-state index contributed by atoms with van der Waals surface area (Å²) in [4.78, 5) is 0. The molecule has 0 saturated heterocycles. The molecule has 0 saturated carbocycles. The summed E-state index contributed by atoms with van der Waals surface area (Å²) >= 11 is 5.75. The Labute approximate surface area is 66.4 Å². The van der Waals surface area contributed by atoms with Crippen LogP contribution in [0, 0.1) is 5.41 Å². The fraction of sp³-hybridized carbons (Fsp3) is 1.00. The molecule has 0 aromatic carbocycles. The van der Waals surface area contributed by atoms with Gasteiger partial charge < -0.3 is 0 Å². The van der Waals surface area contributed by atoms with Crippen molar-refractivity contribution in [1.82, 2.24) is 0 Å². The zero-order chi connectivity index (χ0) is 7.71. The maximum atomic E-state index is 5.75. The van der Waals surface area contributed by atoms with Crippen LogP contribution in [-0.4, -0.2) is 16.1 Å². The van der Waals surface area contributed by atoms with E-state index in [-0.39, 0.29) is 10.5 Å². The molecule has 0 aliphatic carbocycles.